The van der Waals surface area contributed by atoms with Gasteiger partial charge >= 0.3 is 0 Å². The van der Waals surface area contributed by atoms with Crippen LogP contribution in [0.3, 0.4) is 0 Å². The molecule has 0 aliphatic carbocycles. The molecular weight excluding hydrogens is 250 g/mol. The summed E-state index contributed by atoms with van der Waals surface area (Å²) in [6.07, 6.45) is 2.56. The van der Waals surface area contributed by atoms with Gasteiger partial charge in [0.15, 0.2) is 5.78 Å². The van der Waals surface area contributed by atoms with Gasteiger partial charge in [-0.05, 0) is 12.8 Å². The minimum absolute atomic E-state index is 0.0366. The number of anilines is 2. The normalized spacial score (nSPS) is 15.1. The highest BCUT2D eigenvalue weighted by atomic mass is 32.1. The van der Waals surface area contributed by atoms with Crippen LogP contribution < -0.4 is 16.4 Å². The molecule has 1 aliphatic rings. The molecule has 1 fully saturated rings. The molecule has 0 unspecified atom stereocenters. The first-order chi connectivity index (χ1) is 8.56. The van der Waals surface area contributed by atoms with Crippen LogP contribution in [0.5, 0.6) is 0 Å². The number of amides is 1. The van der Waals surface area contributed by atoms with Crippen LogP contribution in [-0.4, -0.2) is 24.8 Å². The SMILES string of the molecule is CCC(=O)c1sc(N2CCCC2)c(C(N)=O)c1N. The second-order valence-corrected chi connectivity index (χ2v) is 5.36. The molecule has 5 nitrogen and oxygen atoms in total. The lowest BCUT2D eigenvalue weighted by atomic mass is 10.1. The predicted octanol–water partition coefficient (Wildman–Crippen LogP) is 1.62. The van der Waals surface area contributed by atoms with E-state index in [1.54, 1.807) is 6.92 Å². The van der Waals surface area contributed by atoms with Crippen LogP contribution in [0.4, 0.5) is 10.7 Å². The largest absolute Gasteiger partial charge is 0.397 e. The third-order valence-electron chi connectivity index (χ3n) is 3.14. The summed E-state index contributed by atoms with van der Waals surface area (Å²) in [5, 5.41) is 0.759. The van der Waals surface area contributed by atoms with Crippen LogP contribution in [0, 0.1) is 0 Å². The van der Waals surface area contributed by atoms with Crippen LogP contribution in [0.25, 0.3) is 0 Å². The molecule has 2 heterocycles. The van der Waals surface area contributed by atoms with Gasteiger partial charge in [-0.2, -0.15) is 0 Å². The predicted molar refractivity (Wildman–Crippen MR) is 73.3 cm³/mol. The van der Waals surface area contributed by atoms with Crippen molar-refractivity contribution in [1.29, 1.82) is 0 Å². The van der Waals surface area contributed by atoms with Crippen molar-refractivity contribution < 1.29 is 9.59 Å². The average Bonchev–Trinajstić information content (AvgIpc) is 2.94. The molecule has 1 saturated heterocycles. The zero-order chi connectivity index (χ0) is 13.3. The Kier molecular flexibility index (Phi) is 3.56. The fourth-order valence-electron chi connectivity index (χ4n) is 2.18. The highest BCUT2D eigenvalue weighted by molar-refractivity contribution is 7.19. The molecule has 4 N–H and O–H groups in total. The van der Waals surface area contributed by atoms with Gasteiger partial charge in [0.2, 0.25) is 0 Å². The first-order valence-electron chi connectivity index (χ1n) is 6.06. The number of ketones is 1. The fraction of sp³-hybridized carbons (Fsp3) is 0.500. The maximum absolute atomic E-state index is 11.8. The van der Waals surface area contributed by atoms with Crippen LogP contribution >= 0.6 is 11.3 Å². The molecule has 0 bridgehead atoms. The number of nitrogens with zero attached hydrogens (tertiary/aromatic N) is 1. The number of primary amides is 1. The molecule has 2 rings (SSSR count). The van der Waals surface area contributed by atoms with Crippen molar-refractivity contribution in [2.45, 2.75) is 26.2 Å². The van der Waals surface area contributed by atoms with Gasteiger partial charge in [0.25, 0.3) is 5.91 Å². The number of carbonyl (C=O) groups is 2. The molecule has 0 radical (unpaired) electrons. The van der Waals surface area contributed by atoms with Crippen molar-refractivity contribution >= 4 is 33.7 Å². The topological polar surface area (TPSA) is 89.4 Å². The van der Waals surface area contributed by atoms with E-state index in [0.29, 0.717) is 16.9 Å². The third kappa shape index (κ3) is 2.08. The number of rotatable bonds is 4. The van der Waals surface area contributed by atoms with Gasteiger partial charge in [-0.15, -0.1) is 11.3 Å². The second-order valence-electron chi connectivity index (χ2n) is 4.36. The number of carbonyl (C=O) groups excluding carboxylic acids is 2. The van der Waals surface area contributed by atoms with E-state index in [4.69, 9.17) is 11.5 Å². The monoisotopic (exact) mass is 267 g/mol. The van der Waals surface area contributed by atoms with Crippen molar-refractivity contribution in [3.05, 3.63) is 10.4 Å². The second kappa shape index (κ2) is 4.97. The van der Waals surface area contributed by atoms with E-state index in [9.17, 15) is 9.59 Å². The molecular formula is C12H17N3O2S. The van der Waals surface area contributed by atoms with E-state index in [1.165, 1.54) is 11.3 Å². The first-order valence-corrected chi connectivity index (χ1v) is 6.88. The number of Topliss-reactive ketones (excluding diaryl/α,β-unsaturated/α-hetero) is 1. The number of hydrogen-bond acceptors (Lipinski definition) is 5. The van der Waals surface area contributed by atoms with Gasteiger partial charge < -0.3 is 16.4 Å². The minimum Gasteiger partial charge on any atom is -0.397 e. The summed E-state index contributed by atoms with van der Waals surface area (Å²) in [4.78, 5) is 25.9. The Bertz CT molecular complexity index is 490. The van der Waals surface area contributed by atoms with E-state index >= 15 is 0 Å². The molecule has 6 heteroatoms. The van der Waals surface area contributed by atoms with Crippen molar-refractivity contribution in [2.24, 2.45) is 5.73 Å². The molecule has 18 heavy (non-hydrogen) atoms. The highest BCUT2D eigenvalue weighted by Gasteiger charge is 2.27. The van der Waals surface area contributed by atoms with Crippen molar-refractivity contribution in [2.75, 3.05) is 23.7 Å². The van der Waals surface area contributed by atoms with Crippen LogP contribution in [0.15, 0.2) is 0 Å². The van der Waals surface area contributed by atoms with Crippen molar-refractivity contribution in [3.63, 3.8) is 0 Å². The molecule has 1 amide bonds. The lowest BCUT2D eigenvalue weighted by Crippen LogP contribution is -2.21. The van der Waals surface area contributed by atoms with Gasteiger partial charge in [0.05, 0.1) is 16.1 Å². The third-order valence-corrected chi connectivity index (χ3v) is 4.45. The summed E-state index contributed by atoms with van der Waals surface area (Å²) >= 11 is 1.29. The Hall–Kier alpha value is -1.56. The number of nitrogens with two attached hydrogens (primary N) is 2. The standard InChI is InChI=1S/C12H17N3O2S/c1-2-7(16)10-9(13)8(11(14)17)12(18-10)15-5-3-4-6-15/h2-6,13H2,1H3,(H2,14,17). The van der Waals surface area contributed by atoms with E-state index in [0.717, 1.165) is 30.9 Å². The Balaban J connectivity index is 2.50. The molecule has 0 spiro atoms. The molecule has 1 aromatic rings. The summed E-state index contributed by atoms with van der Waals surface area (Å²) in [6, 6.07) is 0. The zero-order valence-electron chi connectivity index (χ0n) is 10.4. The number of nitrogen functional groups attached to an aromatic ring is 1. The Morgan fingerprint density at radius 3 is 2.44 bits per heavy atom. The van der Waals surface area contributed by atoms with Gasteiger partial charge in [-0.3, -0.25) is 9.59 Å². The van der Waals surface area contributed by atoms with Crippen LogP contribution in [0.1, 0.15) is 46.2 Å². The zero-order valence-corrected chi connectivity index (χ0v) is 11.2. The van der Waals surface area contributed by atoms with Gasteiger partial charge in [-0.25, -0.2) is 0 Å². The van der Waals surface area contributed by atoms with E-state index in [-0.39, 0.29) is 11.5 Å². The van der Waals surface area contributed by atoms with Crippen molar-refractivity contribution in [1.82, 2.24) is 0 Å². The molecule has 0 aromatic carbocycles. The maximum Gasteiger partial charge on any atom is 0.253 e. The maximum atomic E-state index is 11.8. The average molecular weight is 267 g/mol. The summed E-state index contributed by atoms with van der Waals surface area (Å²) in [7, 11) is 0. The van der Waals surface area contributed by atoms with E-state index < -0.39 is 5.91 Å². The summed E-state index contributed by atoms with van der Waals surface area (Å²) < 4.78 is 0. The van der Waals surface area contributed by atoms with Gasteiger partial charge in [0.1, 0.15) is 5.00 Å². The number of hydrogen-bond donors (Lipinski definition) is 2. The summed E-state index contributed by atoms with van der Waals surface area (Å²) in [5.74, 6) is -0.591. The number of thiophene rings is 1. The summed E-state index contributed by atoms with van der Waals surface area (Å²) in [5.41, 5.74) is 11.9. The first kappa shape index (κ1) is 12.9. The Morgan fingerprint density at radius 2 is 1.94 bits per heavy atom. The van der Waals surface area contributed by atoms with E-state index in [2.05, 4.69) is 4.90 Å². The fourth-order valence-corrected chi connectivity index (χ4v) is 3.47. The lowest BCUT2D eigenvalue weighted by molar-refractivity contribution is 0.0991. The quantitative estimate of drug-likeness (QED) is 0.811. The highest BCUT2D eigenvalue weighted by Crippen LogP contribution is 2.39. The molecule has 1 aliphatic heterocycles. The van der Waals surface area contributed by atoms with Crippen LogP contribution in [-0.2, 0) is 0 Å². The smallest absolute Gasteiger partial charge is 0.253 e. The molecule has 98 valence electrons. The van der Waals surface area contributed by atoms with Crippen molar-refractivity contribution in [3.8, 4) is 0 Å². The van der Waals surface area contributed by atoms with Crippen LogP contribution in [0.2, 0.25) is 0 Å². The molecule has 0 atom stereocenters. The molecule has 1 aromatic heterocycles. The molecule has 0 saturated carbocycles. The lowest BCUT2D eigenvalue weighted by Gasteiger charge is -2.16. The van der Waals surface area contributed by atoms with E-state index in [1.807, 2.05) is 0 Å². The Labute approximate surface area is 110 Å². The minimum atomic E-state index is -0.555. The Morgan fingerprint density at radius 1 is 1.33 bits per heavy atom. The van der Waals surface area contributed by atoms with Gasteiger partial charge in [-0.1, -0.05) is 6.92 Å². The van der Waals surface area contributed by atoms with Gasteiger partial charge in [0, 0.05) is 19.5 Å². The summed E-state index contributed by atoms with van der Waals surface area (Å²) in [6.45, 7) is 3.56.